The molecule has 0 bridgehead atoms. The smallest absolute Gasteiger partial charge is 0.264 e. The molecule has 0 radical (unpaired) electrons. The van der Waals surface area contributed by atoms with Crippen LogP contribution in [0.2, 0.25) is 0 Å². The van der Waals surface area contributed by atoms with Crippen LogP contribution >= 0.6 is 11.3 Å². The van der Waals surface area contributed by atoms with Crippen LogP contribution in [0.4, 0.5) is 4.39 Å². The second kappa shape index (κ2) is 8.39. The van der Waals surface area contributed by atoms with E-state index in [4.69, 9.17) is 14.3 Å². The molecule has 0 saturated carbocycles. The topological polar surface area (TPSA) is 60.4 Å². The highest BCUT2D eigenvalue weighted by atomic mass is 32.1. The molecular formula is C23H19FN2O4S. The summed E-state index contributed by atoms with van der Waals surface area (Å²) >= 11 is 1.38. The average Bonchev–Trinajstić information content (AvgIpc) is 3.53. The van der Waals surface area contributed by atoms with Gasteiger partial charge in [-0.1, -0.05) is 23.4 Å². The fourth-order valence-corrected chi connectivity index (χ4v) is 4.34. The molecule has 2 aliphatic rings. The Labute approximate surface area is 182 Å². The third kappa shape index (κ3) is 4.25. The van der Waals surface area contributed by atoms with Crippen molar-refractivity contribution >= 4 is 23.0 Å². The highest BCUT2D eigenvalue weighted by molar-refractivity contribution is 7.12. The van der Waals surface area contributed by atoms with Crippen LogP contribution in [0.25, 0.3) is 0 Å². The summed E-state index contributed by atoms with van der Waals surface area (Å²) in [4.78, 5) is 21.0. The van der Waals surface area contributed by atoms with E-state index in [1.165, 1.54) is 23.5 Å². The number of ether oxygens (including phenoxy) is 2. The first-order chi connectivity index (χ1) is 15.2. The molecule has 31 heavy (non-hydrogen) atoms. The van der Waals surface area contributed by atoms with Crippen molar-refractivity contribution in [2.75, 3.05) is 13.3 Å². The number of thiophene rings is 1. The summed E-state index contributed by atoms with van der Waals surface area (Å²) in [5.74, 6) is 0.956. The van der Waals surface area contributed by atoms with Crippen molar-refractivity contribution in [2.24, 2.45) is 5.16 Å². The number of carbonyl (C=O) groups excluding carboxylic acids is 1. The van der Waals surface area contributed by atoms with E-state index in [1.807, 2.05) is 35.7 Å². The van der Waals surface area contributed by atoms with E-state index in [-0.39, 0.29) is 31.2 Å². The SMILES string of the molecule is O=C(c1cccs1)N(Cc1cccc(F)c1)CC1CC(c2ccc3c(c2)OCO3)=NO1. The van der Waals surface area contributed by atoms with Gasteiger partial charge in [0.25, 0.3) is 5.91 Å². The minimum Gasteiger partial charge on any atom is -0.454 e. The van der Waals surface area contributed by atoms with Crippen LogP contribution in [0, 0.1) is 5.82 Å². The number of rotatable bonds is 6. The van der Waals surface area contributed by atoms with Crippen molar-refractivity contribution in [1.29, 1.82) is 0 Å². The summed E-state index contributed by atoms with van der Waals surface area (Å²) in [5, 5.41) is 6.10. The van der Waals surface area contributed by atoms with Crippen molar-refractivity contribution < 1.29 is 23.5 Å². The van der Waals surface area contributed by atoms with Gasteiger partial charge in [-0.15, -0.1) is 11.3 Å². The second-order valence-corrected chi connectivity index (χ2v) is 8.28. The van der Waals surface area contributed by atoms with Crippen LogP contribution in [0.5, 0.6) is 11.5 Å². The summed E-state index contributed by atoms with van der Waals surface area (Å²) in [6.07, 6.45) is 0.259. The molecular weight excluding hydrogens is 419 g/mol. The Balaban J connectivity index is 1.31. The quantitative estimate of drug-likeness (QED) is 0.571. The number of hydrogen-bond acceptors (Lipinski definition) is 6. The van der Waals surface area contributed by atoms with Gasteiger partial charge in [-0.05, 0) is 47.3 Å². The molecule has 158 valence electrons. The molecule has 3 aromatic rings. The van der Waals surface area contributed by atoms with Gasteiger partial charge in [0.15, 0.2) is 17.6 Å². The molecule has 6 nitrogen and oxygen atoms in total. The number of amides is 1. The van der Waals surface area contributed by atoms with Crippen LogP contribution in [0.1, 0.15) is 27.2 Å². The van der Waals surface area contributed by atoms with Gasteiger partial charge in [-0.2, -0.15) is 0 Å². The minimum absolute atomic E-state index is 0.112. The van der Waals surface area contributed by atoms with Gasteiger partial charge < -0.3 is 19.2 Å². The van der Waals surface area contributed by atoms with Crippen LogP contribution in [0.3, 0.4) is 0 Å². The Hall–Kier alpha value is -3.39. The highest BCUT2D eigenvalue weighted by Crippen LogP contribution is 2.33. The van der Waals surface area contributed by atoms with Crippen LogP contribution < -0.4 is 9.47 Å². The van der Waals surface area contributed by atoms with E-state index in [0.29, 0.717) is 29.3 Å². The highest BCUT2D eigenvalue weighted by Gasteiger charge is 2.28. The zero-order valence-electron chi connectivity index (χ0n) is 16.5. The Kier molecular flexibility index (Phi) is 5.30. The molecule has 1 atom stereocenters. The normalized spacial score (nSPS) is 16.7. The van der Waals surface area contributed by atoms with Crippen molar-refractivity contribution in [1.82, 2.24) is 4.90 Å². The summed E-state index contributed by atoms with van der Waals surface area (Å²) < 4.78 is 24.5. The molecule has 0 saturated heterocycles. The molecule has 0 fully saturated rings. The van der Waals surface area contributed by atoms with Crippen LogP contribution in [-0.4, -0.2) is 36.0 Å². The predicted molar refractivity (Wildman–Crippen MR) is 114 cm³/mol. The lowest BCUT2D eigenvalue weighted by Crippen LogP contribution is -2.37. The van der Waals surface area contributed by atoms with Gasteiger partial charge >= 0.3 is 0 Å². The molecule has 1 amide bonds. The molecule has 0 aliphatic carbocycles. The molecule has 5 rings (SSSR count). The number of hydrogen-bond donors (Lipinski definition) is 0. The van der Waals surface area contributed by atoms with Gasteiger partial charge in [-0.3, -0.25) is 4.79 Å². The number of oxime groups is 1. The third-order valence-electron chi connectivity index (χ3n) is 5.14. The molecule has 2 aliphatic heterocycles. The Morgan fingerprint density at radius 1 is 1.13 bits per heavy atom. The van der Waals surface area contributed by atoms with Crippen molar-refractivity contribution in [2.45, 2.75) is 19.1 Å². The van der Waals surface area contributed by atoms with Crippen molar-refractivity contribution in [3.63, 3.8) is 0 Å². The first-order valence-electron chi connectivity index (χ1n) is 9.85. The third-order valence-corrected chi connectivity index (χ3v) is 6.00. The van der Waals surface area contributed by atoms with E-state index in [0.717, 1.165) is 16.8 Å². The molecule has 8 heteroatoms. The number of benzene rings is 2. The lowest BCUT2D eigenvalue weighted by Gasteiger charge is -2.24. The van der Waals surface area contributed by atoms with E-state index < -0.39 is 0 Å². The van der Waals surface area contributed by atoms with Gasteiger partial charge in [0.05, 0.1) is 17.1 Å². The van der Waals surface area contributed by atoms with Crippen molar-refractivity contribution in [3.05, 3.63) is 81.8 Å². The predicted octanol–water partition coefficient (Wildman–Crippen LogP) is 4.45. The summed E-state index contributed by atoms with van der Waals surface area (Å²) in [6, 6.07) is 15.6. The first-order valence-corrected chi connectivity index (χ1v) is 10.7. The lowest BCUT2D eigenvalue weighted by molar-refractivity contribution is 0.0408. The Morgan fingerprint density at radius 3 is 2.87 bits per heavy atom. The average molecular weight is 438 g/mol. The summed E-state index contributed by atoms with van der Waals surface area (Å²) in [5.41, 5.74) is 2.41. The molecule has 0 N–H and O–H groups in total. The fourth-order valence-electron chi connectivity index (χ4n) is 3.65. The van der Waals surface area contributed by atoms with E-state index in [1.54, 1.807) is 17.0 Å². The van der Waals surface area contributed by atoms with E-state index in [2.05, 4.69) is 5.16 Å². The number of carbonyl (C=O) groups is 1. The monoisotopic (exact) mass is 438 g/mol. The number of halogens is 1. The first kappa shape index (κ1) is 19.6. The van der Waals surface area contributed by atoms with Gasteiger partial charge in [-0.25, -0.2) is 4.39 Å². The largest absolute Gasteiger partial charge is 0.454 e. The van der Waals surface area contributed by atoms with Gasteiger partial charge in [0.2, 0.25) is 6.79 Å². The Bertz CT molecular complexity index is 1130. The Morgan fingerprint density at radius 2 is 2.03 bits per heavy atom. The zero-order chi connectivity index (χ0) is 21.2. The molecule has 3 heterocycles. The maximum absolute atomic E-state index is 13.7. The summed E-state index contributed by atoms with van der Waals surface area (Å²) in [6.45, 7) is 0.836. The molecule has 2 aromatic carbocycles. The van der Waals surface area contributed by atoms with Crippen LogP contribution in [-0.2, 0) is 11.4 Å². The standard InChI is InChI=1S/C23H19FN2O4S/c24-17-4-1-3-15(9-17)12-26(23(27)22-5-2-8-31-22)13-18-11-19(25-30-18)16-6-7-20-21(10-16)29-14-28-20/h1-10,18H,11-14H2. The summed E-state index contributed by atoms with van der Waals surface area (Å²) in [7, 11) is 0. The number of nitrogens with zero attached hydrogens (tertiary/aromatic N) is 2. The van der Waals surface area contributed by atoms with Crippen molar-refractivity contribution in [3.8, 4) is 11.5 Å². The number of fused-ring (bicyclic) bond motifs is 1. The second-order valence-electron chi connectivity index (χ2n) is 7.33. The maximum Gasteiger partial charge on any atom is 0.264 e. The van der Waals surface area contributed by atoms with Crippen LogP contribution in [0.15, 0.2) is 65.1 Å². The van der Waals surface area contributed by atoms with E-state index >= 15 is 0 Å². The minimum atomic E-state index is -0.327. The molecule has 1 unspecified atom stereocenters. The lowest BCUT2D eigenvalue weighted by atomic mass is 10.0. The molecule has 1 aromatic heterocycles. The fraction of sp³-hybridized carbons (Fsp3) is 0.217. The molecule has 0 spiro atoms. The van der Waals surface area contributed by atoms with E-state index in [9.17, 15) is 9.18 Å². The van der Waals surface area contributed by atoms with Gasteiger partial charge in [0.1, 0.15) is 5.82 Å². The maximum atomic E-state index is 13.7. The zero-order valence-corrected chi connectivity index (χ0v) is 17.3. The van der Waals surface area contributed by atoms with Gasteiger partial charge in [0, 0.05) is 18.5 Å².